The lowest BCUT2D eigenvalue weighted by Crippen LogP contribution is -2.22. The molecule has 0 amide bonds. The molecule has 0 spiro atoms. The highest BCUT2D eigenvalue weighted by Crippen LogP contribution is 2.20. The van der Waals surface area contributed by atoms with E-state index >= 15 is 0 Å². The van der Waals surface area contributed by atoms with Gasteiger partial charge in [0.05, 0.1) is 6.61 Å². The molecular formula is C10H14N2O3S. The van der Waals surface area contributed by atoms with Gasteiger partial charge in [0.15, 0.2) is 5.16 Å². The van der Waals surface area contributed by atoms with Crippen molar-refractivity contribution in [2.45, 2.75) is 24.3 Å². The van der Waals surface area contributed by atoms with E-state index in [2.05, 4.69) is 9.97 Å². The molecule has 0 bridgehead atoms. The second kappa shape index (κ2) is 5.81. The summed E-state index contributed by atoms with van der Waals surface area (Å²) in [6, 6.07) is 1.84. The van der Waals surface area contributed by atoms with Gasteiger partial charge in [-0.05, 0) is 19.9 Å². The van der Waals surface area contributed by atoms with Gasteiger partial charge in [-0.2, -0.15) is 0 Å². The Morgan fingerprint density at radius 3 is 2.50 bits per heavy atom. The Bertz CT molecular complexity index is 364. The fourth-order valence-corrected chi connectivity index (χ4v) is 2.13. The molecule has 0 fully saturated rings. The van der Waals surface area contributed by atoms with Crippen LogP contribution in [0.1, 0.15) is 11.4 Å². The van der Waals surface area contributed by atoms with Gasteiger partial charge in [0.2, 0.25) is 0 Å². The van der Waals surface area contributed by atoms with Gasteiger partial charge >= 0.3 is 5.97 Å². The fraction of sp³-hybridized carbons (Fsp3) is 0.500. The zero-order valence-corrected chi connectivity index (χ0v) is 10.2. The number of aliphatic carboxylic acids is 1. The standard InChI is InChI=1S/C10H14N2O3S/c1-6-4-7(2)12-10(11-6)16-8(5-15-3)9(13)14/h4,8H,5H2,1-3H3,(H,13,14). The molecule has 1 N–H and O–H groups in total. The number of carboxylic acids is 1. The average Bonchev–Trinajstić information content (AvgIpc) is 2.15. The van der Waals surface area contributed by atoms with Crippen LogP contribution >= 0.6 is 11.8 Å². The average molecular weight is 242 g/mol. The van der Waals surface area contributed by atoms with Crippen molar-refractivity contribution in [2.75, 3.05) is 13.7 Å². The highest BCUT2D eigenvalue weighted by Gasteiger charge is 2.20. The van der Waals surface area contributed by atoms with Gasteiger partial charge < -0.3 is 9.84 Å². The molecule has 5 nitrogen and oxygen atoms in total. The van der Waals surface area contributed by atoms with Crippen LogP contribution in [0.4, 0.5) is 0 Å². The van der Waals surface area contributed by atoms with Gasteiger partial charge in [0.25, 0.3) is 0 Å². The van der Waals surface area contributed by atoms with Crippen molar-refractivity contribution in [3.05, 3.63) is 17.5 Å². The third kappa shape index (κ3) is 3.79. The molecule has 1 heterocycles. The Labute approximate surface area is 98.3 Å². The predicted octanol–water partition coefficient (Wildman–Crippen LogP) is 1.29. The van der Waals surface area contributed by atoms with E-state index in [9.17, 15) is 4.79 Å². The molecule has 88 valence electrons. The van der Waals surface area contributed by atoms with Crippen LogP contribution in [-0.2, 0) is 9.53 Å². The third-order valence-electron chi connectivity index (χ3n) is 1.80. The lowest BCUT2D eigenvalue weighted by molar-refractivity contribution is -0.137. The maximum atomic E-state index is 10.9. The number of ether oxygens (including phenoxy) is 1. The van der Waals surface area contributed by atoms with Crippen molar-refractivity contribution >= 4 is 17.7 Å². The second-order valence-corrected chi connectivity index (χ2v) is 4.50. The first-order valence-corrected chi connectivity index (χ1v) is 5.61. The van der Waals surface area contributed by atoms with E-state index in [1.54, 1.807) is 0 Å². The van der Waals surface area contributed by atoms with Gasteiger partial charge in [0.1, 0.15) is 5.25 Å². The lowest BCUT2D eigenvalue weighted by atomic mass is 10.4. The van der Waals surface area contributed by atoms with Crippen LogP contribution in [0.25, 0.3) is 0 Å². The second-order valence-electron chi connectivity index (χ2n) is 3.33. The minimum Gasteiger partial charge on any atom is -0.480 e. The summed E-state index contributed by atoms with van der Waals surface area (Å²) < 4.78 is 4.84. The highest BCUT2D eigenvalue weighted by molar-refractivity contribution is 8.00. The van der Waals surface area contributed by atoms with E-state index in [-0.39, 0.29) is 6.61 Å². The maximum Gasteiger partial charge on any atom is 0.319 e. The van der Waals surface area contributed by atoms with Crippen LogP contribution in [0.15, 0.2) is 11.2 Å². The number of aryl methyl sites for hydroxylation is 2. The topological polar surface area (TPSA) is 72.3 Å². The Morgan fingerprint density at radius 2 is 2.06 bits per heavy atom. The Hall–Kier alpha value is -1.14. The van der Waals surface area contributed by atoms with Crippen molar-refractivity contribution in [1.82, 2.24) is 9.97 Å². The largest absolute Gasteiger partial charge is 0.480 e. The van der Waals surface area contributed by atoms with Crippen LogP contribution in [0.3, 0.4) is 0 Å². The van der Waals surface area contributed by atoms with E-state index in [4.69, 9.17) is 9.84 Å². The highest BCUT2D eigenvalue weighted by atomic mass is 32.2. The number of carboxylic acid groups (broad SMARTS) is 1. The molecule has 6 heteroatoms. The van der Waals surface area contributed by atoms with Crippen molar-refractivity contribution in [3.63, 3.8) is 0 Å². The third-order valence-corrected chi connectivity index (χ3v) is 2.82. The van der Waals surface area contributed by atoms with Gasteiger partial charge in [-0.25, -0.2) is 9.97 Å². The minimum atomic E-state index is -0.922. The molecule has 16 heavy (non-hydrogen) atoms. The predicted molar refractivity (Wildman–Crippen MR) is 60.7 cm³/mol. The quantitative estimate of drug-likeness (QED) is 0.619. The number of methoxy groups -OCH3 is 1. The normalized spacial score (nSPS) is 12.4. The first kappa shape index (κ1) is 12.9. The van der Waals surface area contributed by atoms with Gasteiger partial charge in [0, 0.05) is 18.5 Å². The zero-order chi connectivity index (χ0) is 12.1. The SMILES string of the molecule is COCC(Sc1nc(C)cc(C)n1)C(=O)O. The summed E-state index contributed by atoms with van der Waals surface area (Å²) in [7, 11) is 1.47. The zero-order valence-electron chi connectivity index (χ0n) is 9.43. The number of hydrogen-bond acceptors (Lipinski definition) is 5. The molecule has 0 aliphatic heterocycles. The van der Waals surface area contributed by atoms with E-state index < -0.39 is 11.2 Å². The molecule has 1 aromatic rings. The molecule has 0 saturated carbocycles. The summed E-state index contributed by atoms with van der Waals surface area (Å²) in [6.07, 6.45) is 0. The van der Waals surface area contributed by atoms with Gasteiger partial charge in [-0.15, -0.1) is 0 Å². The van der Waals surface area contributed by atoms with Crippen molar-refractivity contribution in [3.8, 4) is 0 Å². The molecule has 0 aliphatic carbocycles. The van der Waals surface area contributed by atoms with Crippen molar-refractivity contribution in [2.24, 2.45) is 0 Å². The molecule has 1 unspecified atom stereocenters. The van der Waals surface area contributed by atoms with Crippen LogP contribution < -0.4 is 0 Å². The molecule has 0 aromatic carbocycles. The smallest absolute Gasteiger partial charge is 0.319 e. The molecule has 1 aromatic heterocycles. The minimum absolute atomic E-state index is 0.135. The number of nitrogens with zero attached hydrogens (tertiary/aromatic N) is 2. The Morgan fingerprint density at radius 1 is 1.50 bits per heavy atom. The number of hydrogen-bond donors (Lipinski definition) is 1. The summed E-state index contributed by atoms with van der Waals surface area (Å²) in [4.78, 5) is 19.3. The van der Waals surface area contributed by atoms with E-state index in [1.165, 1.54) is 7.11 Å². The number of thioether (sulfide) groups is 1. The fourth-order valence-electron chi connectivity index (χ4n) is 1.18. The summed E-state index contributed by atoms with van der Waals surface area (Å²) in [5.74, 6) is -0.922. The molecular weight excluding hydrogens is 228 g/mol. The van der Waals surface area contributed by atoms with Crippen LogP contribution in [0, 0.1) is 13.8 Å². The maximum absolute atomic E-state index is 10.9. The number of aromatic nitrogens is 2. The van der Waals surface area contributed by atoms with Gasteiger partial charge in [-0.3, -0.25) is 4.79 Å². The molecule has 0 aliphatic rings. The van der Waals surface area contributed by atoms with Crippen LogP contribution in [0.5, 0.6) is 0 Å². The summed E-state index contributed by atoms with van der Waals surface area (Å²) in [5.41, 5.74) is 1.66. The summed E-state index contributed by atoms with van der Waals surface area (Å²) in [5, 5.41) is 8.75. The molecule has 0 saturated heterocycles. The van der Waals surface area contributed by atoms with E-state index in [0.717, 1.165) is 23.1 Å². The molecule has 0 radical (unpaired) electrons. The van der Waals surface area contributed by atoms with Gasteiger partial charge in [-0.1, -0.05) is 11.8 Å². The lowest BCUT2D eigenvalue weighted by Gasteiger charge is -2.10. The Kier molecular flexibility index (Phi) is 4.70. The Balaban J connectivity index is 2.80. The van der Waals surface area contributed by atoms with E-state index in [1.807, 2.05) is 19.9 Å². The van der Waals surface area contributed by atoms with Crippen LogP contribution in [-0.4, -0.2) is 40.0 Å². The summed E-state index contributed by atoms with van der Waals surface area (Å²) in [6.45, 7) is 3.84. The number of carbonyl (C=O) groups is 1. The van der Waals surface area contributed by atoms with Crippen molar-refractivity contribution in [1.29, 1.82) is 0 Å². The molecule has 1 atom stereocenters. The monoisotopic (exact) mass is 242 g/mol. The first-order valence-electron chi connectivity index (χ1n) is 4.73. The molecule has 1 rings (SSSR count). The van der Waals surface area contributed by atoms with Crippen molar-refractivity contribution < 1.29 is 14.6 Å². The first-order chi connectivity index (χ1) is 7.52. The summed E-state index contributed by atoms with van der Waals surface area (Å²) >= 11 is 1.10. The number of rotatable bonds is 5. The van der Waals surface area contributed by atoms with Crippen LogP contribution in [0.2, 0.25) is 0 Å². The van der Waals surface area contributed by atoms with E-state index in [0.29, 0.717) is 5.16 Å².